The van der Waals surface area contributed by atoms with Gasteiger partial charge in [-0.05, 0) is 31.6 Å². The first-order valence-electron chi connectivity index (χ1n) is 34.1. The minimum Gasteiger partial charge on any atom is -0.462 e. The highest BCUT2D eigenvalue weighted by atomic mass is 31.2. The molecule has 0 rings (SSSR count). The van der Waals surface area contributed by atoms with Gasteiger partial charge in [0, 0.05) is 25.7 Å². The van der Waals surface area contributed by atoms with Gasteiger partial charge in [-0.15, -0.1) is 0 Å². The number of esters is 4. The number of carbonyl (C=O) groups is 4. The molecule has 498 valence electrons. The fourth-order valence-corrected chi connectivity index (χ4v) is 11.3. The average molecular weight is 1240 g/mol. The summed E-state index contributed by atoms with van der Waals surface area (Å²) in [5.74, 6) is -1.42. The molecule has 0 aromatic rings. The summed E-state index contributed by atoms with van der Waals surface area (Å²) < 4.78 is 67.7. The van der Waals surface area contributed by atoms with E-state index >= 15 is 0 Å². The van der Waals surface area contributed by atoms with E-state index in [-0.39, 0.29) is 25.7 Å². The van der Waals surface area contributed by atoms with Gasteiger partial charge in [-0.3, -0.25) is 37.3 Å². The molecular weight excluding hydrogens is 1110 g/mol. The van der Waals surface area contributed by atoms with Gasteiger partial charge in [0.1, 0.15) is 19.3 Å². The van der Waals surface area contributed by atoms with Crippen LogP contribution in [-0.2, 0) is 65.4 Å². The number of hydrogen-bond acceptors (Lipinski definition) is 15. The smallest absolute Gasteiger partial charge is 0.462 e. The third-order valence-electron chi connectivity index (χ3n) is 15.0. The van der Waals surface area contributed by atoms with Gasteiger partial charge >= 0.3 is 39.5 Å². The first-order valence-corrected chi connectivity index (χ1v) is 37.1. The molecule has 0 bridgehead atoms. The predicted octanol–water partition coefficient (Wildman–Crippen LogP) is 18.2. The number of carbonyl (C=O) groups excluding carboxylic acids is 4. The Bertz CT molecular complexity index is 1640. The van der Waals surface area contributed by atoms with Crippen LogP contribution in [0.25, 0.3) is 0 Å². The van der Waals surface area contributed by atoms with E-state index in [0.29, 0.717) is 25.7 Å². The standard InChI is InChI=1S/C65H126O17P2/c1-6-9-12-15-17-19-20-21-22-23-24-25-26-27-28-29-30-36-41-46-51-65(70)82-61(55-76-63(68)49-44-39-35-32-31-33-38-42-47-58(4)5)57-80-84(73,74)78-53-59(66)52-77-83(71,72)79-56-60(54-75-62(67)48-43-37-14-11-8-3)81-64(69)50-45-40-34-18-16-13-10-7-2/h58-61,66H,6-57H2,1-5H3,(H,71,72)(H,73,74)/t59-,60+,61+/m0/s1. The van der Waals surface area contributed by atoms with Crippen molar-refractivity contribution >= 4 is 39.5 Å². The van der Waals surface area contributed by atoms with Gasteiger partial charge in [0.2, 0.25) is 0 Å². The Kier molecular flexibility index (Phi) is 57.4. The molecule has 3 N–H and O–H groups in total. The van der Waals surface area contributed by atoms with Gasteiger partial charge in [0.25, 0.3) is 0 Å². The number of aliphatic hydroxyl groups is 1. The van der Waals surface area contributed by atoms with Gasteiger partial charge in [-0.2, -0.15) is 0 Å². The molecule has 5 atom stereocenters. The average Bonchev–Trinajstić information content (AvgIpc) is 3.55. The van der Waals surface area contributed by atoms with Crippen molar-refractivity contribution in [3.05, 3.63) is 0 Å². The molecule has 0 heterocycles. The number of ether oxygens (including phenoxy) is 4. The Morgan fingerprint density at radius 1 is 0.321 bits per heavy atom. The zero-order valence-electron chi connectivity index (χ0n) is 54.0. The van der Waals surface area contributed by atoms with Crippen molar-refractivity contribution in [3.63, 3.8) is 0 Å². The summed E-state index contributed by atoms with van der Waals surface area (Å²) in [5, 5.41) is 10.5. The maximum atomic E-state index is 13.0. The molecule has 0 radical (unpaired) electrons. The monoisotopic (exact) mass is 1240 g/mol. The van der Waals surface area contributed by atoms with Gasteiger partial charge in [-0.1, -0.05) is 279 Å². The lowest BCUT2D eigenvalue weighted by atomic mass is 10.0. The lowest BCUT2D eigenvalue weighted by Gasteiger charge is -2.21. The van der Waals surface area contributed by atoms with Gasteiger partial charge in [-0.25, -0.2) is 9.13 Å². The maximum absolute atomic E-state index is 13.0. The highest BCUT2D eigenvalue weighted by Crippen LogP contribution is 2.45. The van der Waals surface area contributed by atoms with Crippen molar-refractivity contribution in [2.45, 2.75) is 348 Å². The van der Waals surface area contributed by atoms with E-state index in [9.17, 15) is 43.2 Å². The molecular formula is C65H126O17P2. The number of phosphoric acid groups is 2. The summed E-state index contributed by atoms with van der Waals surface area (Å²) in [6, 6.07) is 0. The van der Waals surface area contributed by atoms with Gasteiger partial charge in [0.15, 0.2) is 12.2 Å². The summed E-state index contributed by atoms with van der Waals surface area (Å²) in [6.07, 6.45) is 43.7. The predicted molar refractivity (Wildman–Crippen MR) is 335 cm³/mol. The van der Waals surface area contributed by atoms with Crippen LogP contribution in [0.4, 0.5) is 0 Å². The molecule has 0 aliphatic rings. The molecule has 0 saturated heterocycles. The summed E-state index contributed by atoms with van der Waals surface area (Å²) in [6.45, 7) is 7.05. The van der Waals surface area contributed by atoms with Crippen molar-refractivity contribution in [1.29, 1.82) is 0 Å². The first-order chi connectivity index (χ1) is 40.5. The molecule has 84 heavy (non-hydrogen) atoms. The second-order valence-electron chi connectivity index (χ2n) is 24.0. The molecule has 17 nitrogen and oxygen atoms in total. The van der Waals surface area contributed by atoms with E-state index in [0.717, 1.165) is 109 Å². The van der Waals surface area contributed by atoms with E-state index in [2.05, 4.69) is 34.6 Å². The van der Waals surface area contributed by atoms with Crippen LogP contribution < -0.4 is 0 Å². The summed E-state index contributed by atoms with van der Waals surface area (Å²) in [4.78, 5) is 71.9. The fraction of sp³-hybridized carbons (Fsp3) is 0.938. The highest BCUT2D eigenvalue weighted by Gasteiger charge is 2.30. The summed E-state index contributed by atoms with van der Waals surface area (Å²) in [5.41, 5.74) is 0. The third-order valence-corrected chi connectivity index (χ3v) is 16.9. The van der Waals surface area contributed by atoms with Crippen molar-refractivity contribution in [3.8, 4) is 0 Å². The minimum atomic E-state index is -4.94. The summed E-state index contributed by atoms with van der Waals surface area (Å²) >= 11 is 0. The van der Waals surface area contributed by atoms with Gasteiger partial charge in [0.05, 0.1) is 26.4 Å². The normalized spacial score (nSPS) is 14.2. The van der Waals surface area contributed by atoms with Crippen LogP contribution in [0.15, 0.2) is 0 Å². The zero-order valence-corrected chi connectivity index (χ0v) is 55.8. The maximum Gasteiger partial charge on any atom is 0.472 e. The SMILES string of the molecule is CCCCCCCCCCCCCCCCCCCCCCC(=O)O[C@H](COC(=O)CCCCCCCCCCC(C)C)COP(=O)(O)OC[C@@H](O)COP(=O)(O)OC[C@@H](COC(=O)CCCCCCC)OC(=O)CCCCCCCCCC. The molecule has 19 heteroatoms. The van der Waals surface area contributed by atoms with Crippen LogP contribution in [0.2, 0.25) is 0 Å². The molecule has 0 fully saturated rings. The van der Waals surface area contributed by atoms with E-state index in [1.54, 1.807) is 0 Å². The van der Waals surface area contributed by atoms with Crippen LogP contribution in [-0.4, -0.2) is 96.7 Å². The number of unbranched alkanes of at least 4 members (excludes halogenated alkanes) is 37. The Balaban J connectivity index is 5.09. The fourth-order valence-electron chi connectivity index (χ4n) is 9.76. The van der Waals surface area contributed by atoms with E-state index in [1.165, 1.54) is 141 Å². The number of rotatable bonds is 65. The summed E-state index contributed by atoms with van der Waals surface area (Å²) in [7, 11) is -9.87. The molecule has 0 amide bonds. The van der Waals surface area contributed by atoms with Crippen LogP contribution in [0.3, 0.4) is 0 Å². The Morgan fingerprint density at radius 2 is 0.548 bits per heavy atom. The Labute approximate surface area is 511 Å². The first kappa shape index (κ1) is 82.1. The minimum absolute atomic E-state index is 0.104. The number of phosphoric ester groups is 2. The lowest BCUT2D eigenvalue weighted by molar-refractivity contribution is -0.161. The van der Waals surface area contributed by atoms with Crippen LogP contribution in [0, 0.1) is 5.92 Å². The number of hydrogen-bond donors (Lipinski definition) is 3. The molecule has 0 spiro atoms. The Morgan fingerprint density at radius 3 is 0.810 bits per heavy atom. The quantitative estimate of drug-likeness (QED) is 0.0222. The zero-order chi connectivity index (χ0) is 62.0. The topological polar surface area (TPSA) is 237 Å². The lowest BCUT2D eigenvalue weighted by Crippen LogP contribution is -2.30. The van der Waals surface area contributed by atoms with Gasteiger partial charge < -0.3 is 33.8 Å². The molecule has 0 aromatic heterocycles. The van der Waals surface area contributed by atoms with Crippen LogP contribution >= 0.6 is 15.6 Å². The molecule has 0 aliphatic carbocycles. The molecule has 0 aromatic carbocycles. The molecule has 2 unspecified atom stereocenters. The largest absolute Gasteiger partial charge is 0.472 e. The van der Waals surface area contributed by atoms with Crippen molar-refractivity contribution in [2.75, 3.05) is 39.6 Å². The second kappa shape index (κ2) is 58.7. The second-order valence-corrected chi connectivity index (χ2v) is 26.9. The Hall–Kier alpha value is -1.94. The third kappa shape index (κ3) is 59.0. The van der Waals surface area contributed by atoms with E-state index < -0.39 is 97.5 Å². The van der Waals surface area contributed by atoms with Crippen molar-refractivity contribution < 1.29 is 80.2 Å². The molecule has 0 aliphatic heterocycles. The van der Waals surface area contributed by atoms with Crippen LogP contribution in [0.1, 0.15) is 330 Å². The van der Waals surface area contributed by atoms with Crippen molar-refractivity contribution in [1.82, 2.24) is 0 Å². The van der Waals surface area contributed by atoms with E-state index in [1.807, 2.05) is 0 Å². The van der Waals surface area contributed by atoms with E-state index in [4.69, 9.17) is 37.0 Å². The van der Waals surface area contributed by atoms with Crippen molar-refractivity contribution in [2.24, 2.45) is 5.92 Å². The number of aliphatic hydroxyl groups excluding tert-OH is 1. The molecule has 0 saturated carbocycles. The highest BCUT2D eigenvalue weighted by molar-refractivity contribution is 7.47. The van der Waals surface area contributed by atoms with Crippen LogP contribution in [0.5, 0.6) is 0 Å².